The van der Waals surface area contributed by atoms with Gasteiger partial charge >= 0.3 is 4.87 Å². The van der Waals surface area contributed by atoms with Gasteiger partial charge < -0.3 is 14.9 Å². The second-order valence-corrected chi connectivity index (χ2v) is 5.40. The molecule has 7 heteroatoms. The highest BCUT2D eigenvalue weighted by Crippen LogP contribution is 2.02. The lowest BCUT2D eigenvalue weighted by molar-refractivity contribution is -0.121. The first-order valence-corrected chi connectivity index (χ1v) is 7.43. The van der Waals surface area contributed by atoms with Gasteiger partial charge in [-0.25, -0.2) is 4.98 Å². The Bertz CT molecular complexity index is 600. The molecule has 0 saturated carbocycles. The SMILES string of the molecule is Cc1csc(=O)n1CCCC(=O)NCCc1cnc[nH]1. The third-order valence-corrected chi connectivity index (χ3v) is 3.91. The molecule has 6 nitrogen and oxygen atoms in total. The number of amides is 1. The highest BCUT2D eigenvalue weighted by molar-refractivity contribution is 7.07. The summed E-state index contributed by atoms with van der Waals surface area (Å²) in [5.41, 5.74) is 1.96. The van der Waals surface area contributed by atoms with E-state index in [2.05, 4.69) is 15.3 Å². The van der Waals surface area contributed by atoms with Gasteiger partial charge in [-0.3, -0.25) is 9.59 Å². The van der Waals surface area contributed by atoms with Crippen LogP contribution >= 0.6 is 11.3 Å². The number of rotatable bonds is 7. The summed E-state index contributed by atoms with van der Waals surface area (Å²) in [4.78, 5) is 30.1. The average Bonchev–Trinajstić information content (AvgIpc) is 3.03. The smallest absolute Gasteiger partial charge is 0.307 e. The number of hydrogen-bond donors (Lipinski definition) is 2. The van der Waals surface area contributed by atoms with Crippen LogP contribution in [-0.2, 0) is 17.8 Å². The fourth-order valence-electron chi connectivity index (χ4n) is 1.92. The van der Waals surface area contributed by atoms with Crippen molar-refractivity contribution in [3.63, 3.8) is 0 Å². The fraction of sp³-hybridized carbons (Fsp3) is 0.462. The van der Waals surface area contributed by atoms with Gasteiger partial charge in [0.2, 0.25) is 5.91 Å². The van der Waals surface area contributed by atoms with E-state index in [-0.39, 0.29) is 10.8 Å². The van der Waals surface area contributed by atoms with Gasteiger partial charge in [-0.1, -0.05) is 11.3 Å². The highest BCUT2D eigenvalue weighted by Gasteiger charge is 2.05. The van der Waals surface area contributed by atoms with Crippen molar-refractivity contribution in [3.8, 4) is 0 Å². The van der Waals surface area contributed by atoms with Crippen LogP contribution in [0, 0.1) is 6.92 Å². The zero-order valence-electron chi connectivity index (χ0n) is 11.4. The molecule has 0 unspecified atom stereocenters. The third-order valence-electron chi connectivity index (χ3n) is 3.03. The maximum atomic E-state index is 11.6. The highest BCUT2D eigenvalue weighted by atomic mass is 32.1. The monoisotopic (exact) mass is 294 g/mol. The van der Waals surface area contributed by atoms with Gasteiger partial charge in [0.25, 0.3) is 0 Å². The molecular formula is C13H18N4O2S. The standard InChI is InChI=1S/C13H18N4O2S/c1-10-8-20-13(19)17(10)6-2-3-12(18)15-5-4-11-7-14-9-16-11/h7-9H,2-6H2,1H3,(H,14,16)(H,15,18). The van der Waals surface area contributed by atoms with E-state index >= 15 is 0 Å². The van der Waals surface area contributed by atoms with Gasteiger partial charge in [-0.2, -0.15) is 0 Å². The van der Waals surface area contributed by atoms with E-state index < -0.39 is 0 Å². The molecule has 0 spiro atoms. The van der Waals surface area contributed by atoms with E-state index in [4.69, 9.17) is 0 Å². The number of H-pyrrole nitrogens is 1. The minimum atomic E-state index is 0.0189. The molecule has 20 heavy (non-hydrogen) atoms. The van der Waals surface area contributed by atoms with Crippen molar-refractivity contribution in [3.05, 3.63) is 39.0 Å². The zero-order valence-corrected chi connectivity index (χ0v) is 12.2. The van der Waals surface area contributed by atoms with Gasteiger partial charge in [0, 0.05) is 48.9 Å². The number of aromatic nitrogens is 3. The zero-order chi connectivity index (χ0) is 14.4. The quantitative estimate of drug-likeness (QED) is 0.802. The van der Waals surface area contributed by atoms with Crippen molar-refractivity contribution in [2.24, 2.45) is 0 Å². The molecule has 0 radical (unpaired) electrons. The number of aromatic amines is 1. The fourth-order valence-corrected chi connectivity index (χ4v) is 2.68. The molecule has 108 valence electrons. The number of hydrogen-bond acceptors (Lipinski definition) is 4. The topological polar surface area (TPSA) is 79.8 Å². The van der Waals surface area contributed by atoms with Crippen LogP contribution in [0.5, 0.6) is 0 Å². The second kappa shape index (κ2) is 7.04. The summed E-state index contributed by atoms with van der Waals surface area (Å²) < 4.78 is 1.71. The van der Waals surface area contributed by atoms with Crippen molar-refractivity contribution in [2.45, 2.75) is 32.7 Å². The second-order valence-electron chi connectivity index (χ2n) is 4.57. The molecule has 0 aliphatic carbocycles. The average molecular weight is 294 g/mol. The number of carbonyl (C=O) groups excluding carboxylic acids is 1. The number of thiazole rings is 1. The predicted octanol–water partition coefficient (Wildman–Crippen LogP) is 1.08. The minimum absolute atomic E-state index is 0.0189. The van der Waals surface area contributed by atoms with E-state index in [1.54, 1.807) is 17.1 Å². The van der Waals surface area contributed by atoms with Gasteiger partial charge in [-0.15, -0.1) is 0 Å². The van der Waals surface area contributed by atoms with Crippen LogP contribution in [0.2, 0.25) is 0 Å². The Morgan fingerprint density at radius 3 is 3.05 bits per heavy atom. The van der Waals surface area contributed by atoms with Gasteiger partial charge in [-0.05, 0) is 13.3 Å². The first-order valence-electron chi connectivity index (χ1n) is 6.55. The summed E-state index contributed by atoms with van der Waals surface area (Å²) >= 11 is 1.20. The number of aryl methyl sites for hydroxylation is 1. The molecule has 0 atom stereocenters. The molecule has 0 saturated heterocycles. The van der Waals surface area contributed by atoms with Crippen LogP contribution in [0.25, 0.3) is 0 Å². The van der Waals surface area contributed by atoms with E-state index in [0.29, 0.717) is 25.9 Å². The van der Waals surface area contributed by atoms with Crippen molar-refractivity contribution >= 4 is 17.2 Å². The van der Waals surface area contributed by atoms with E-state index in [0.717, 1.165) is 17.8 Å². The Kier molecular flexibility index (Phi) is 5.11. The van der Waals surface area contributed by atoms with Crippen molar-refractivity contribution in [1.29, 1.82) is 0 Å². The van der Waals surface area contributed by atoms with Crippen molar-refractivity contribution in [2.75, 3.05) is 6.54 Å². The summed E-state index contributed by atoms with van der Waals surface area (Å²) in [6.07, 6.45) is 5.23. The van der Waals surface area contributed by atoms with Crippen LogP contribution in [-0.4, -0.2) is 27.0 Å². The first-order chi connectivity index (χ1) is 9.66. The summed E-state index contributed by atoms with van der Waals surface area (Å²) in [5.74, 6) is 0.0189. The third kappa shape index (κ3) is 4.06. The normalized spacial score (nSPS) is 10.7. The molecule has 2 rings (SSSR count). The van der Waals surface area contributed by atoms with Gasteiger partial charge in [0.1, 0.15) is 0 Å². The molecule has 2 heterocycles. The van der Waals surface area contributed by atoms with E-state index in [1.807, 2.05) is 12.3 Å². The molecule has 2 aromatic heterocycles. The van der Waals surface area contributed by atoms with E-state index in [1.165, 1.54) is 11.3 Å². The molecule has 2 aromatic rings. The molecule has 0 aromatic carbocycles. The molecule has 0 fully saturated rings. The lowest BCUT2D eigenvalue weighted by Gasteiger charge is -2.06. The van der Waals surface area contributed by atoms with Crippen LogP contribution in [0.4, 0.5) is 0 Å². The first kappa shape index (κ1) is 14.5. The Morgan fingerprint density at radius 1 is 1.55 bits per heavy atom. The Labute approximate surface area is 120 Å². The number of nitrogens with one attached hydrogen (secondary N) is 2. The summed E-state index contributed by atoms with van der Waals surface area (Å²) in [6, 6.07) is 0. The maximum Gasteiger partial charge on any atom is 0.307 e. The molecule has 0 bridgehead atoms. The predicted molar refractivity (Wildman–Crippen MR) is 77.9 cm³/mol. The van der Waals surface area contributed by atoms with Crippen LogP contribution < -0.4 is 10.2 Å². The Hall–Kier alpha value is -1.89. The Balaban J connectivity index is 1.64. The lowest BCUT2D eigenvalue weighted by Crippen LogP contribution is -2.26. The van der Waals surface area contributed by atoms with Gasteiger partial charge in [0.05, 0.1) is 6.33 Å². The van der Waals surface area contributed by atoms with Crippen LogP contribution in [0.1, 0.15) is 24.2 Å². The molecular weight excluding hydrogens is 276 g/mol. The summed E-state index contributed by atoms with van der Waals surface area (Å²) in [7, 11) is 0. The number of carbonyl (C=O) groups is 1. The molecule has 2 N–H and O–H groups in total. The minimum Gasteiger partial charge on any atom is -0.356 e. The maximum absolute atomic E-state index is 11.6. The Morgan fingerprint density at radius 2 is 2.40 bits per heavy atom. The summed E-state index contributed by atoms with van der Waals surface area (Å²) in [5, 5.41) is 4.70. The summed E-state index contributed by atoms with van der Waals surface area (Å²) in [6.45, 7) is 3.10. The van der Waals surface area contributed by atoms with E-state index in [9.17, 15) is 9.59 Å². The largest absolute Gasteiger partial charge is 0.356 e. The molecule has 0 aliphatic heterocycles. The van der Waals surface area contributed by atoms with Crippen LogP contribution in [0.3, 0.4) is 0 Å². The van der Waals surface area contributed by atoms with Crippen LogP contribution in [0.15, 0.2) is 22.7 Å². The van der Waals surface area contributed by atoms with Crippen molar-refractivity contribution < 1.29 is 4.79 Å². The molecule has 0 aliphatic rings. The van der Waals surface area contributed by atoms with Gasteiger partial charge in [0.15, 0.2) is 0 Å². The van der Waals surface area contributed by atoms with Crippen molar-refractivity contribution in [1.82, 2.24) is 19.9 Å². The lowest BCUT2D eigenvalue weighted by atomic mass is 10.2. The number of imidazole rings is 1. The number of nitrogens with zero attached hydrogens (tertiary/aromatic N) is 2. The molecule has 1 amide bonds.